The van der Waals surface area contributed by atoms with E-state index >= 15 is 0 Å². The summed E-state index contributed by atoms with van der Waals surface area (Å²) in [5, 5.41) is 0.655. The number of benzene rings is 2. The van der Waals surface area contributed by atoms with Crippen molar-refractivity contribution in [3.63, 3.8) is 0 Å². The number of carbonyl (C=O) groups is 2. The van der Waals surface area contributed by atoms with E-state index in [1.807, 2.05) is 67.8 Å². The second kappa shape index (κ2) is 9.10. The first-order chi connectivity index (χ1) is 14.6. The van der Waals surface area contributed by atoms with Crippen LogP contribution in [0.5, 0.6) is 0 Å². The molecule has 0 N–H and O–H groups in total. The number of amidine groups is 1. The highest BCUT2D eigenvalue weighted by Crippen LogP contribution is 2.40. The SMILES string of the molecule is CSc1ccc(C2C(C(=O)OCc3ccccc3)=C(C)N=C3SCCC(=O)N32)cc1. The molecular formula is C23H22N2O3S2. The summed E-state index contributed by atoms with van der Waals surface area (Å²) in [6.45, 7) is 1.99. The van der Waals surface area contributed by atoms with Gasteiger partial charge in [-0.2, -0.15) is 0 Å². The molecule has 0 bridgehead atoms. The minimum Gasteiger partial charge on any atom is -0.457 e. The fraction of sp³-hybridized carbons (Fsp3) is 0.261. The molecule has 30 heavy (non-hydrogen) atoms. The standard InChI is InChI=1S/C23H22N2O3S2/c1-15-20(22(27)28-14-16-6-4-3-5-7-16)21(17-8-10-18(29-2)11-9-17)25-19(26)12-13-30-23(25)24-15/h3-11,21H,12-14H2,1-2H3. The second-order valence-corrected chi connectivity index (χ2v) is 8.93. The maximum Gasteiger partial charge on any atom is 0.338 e. The topological polar surface area (TPSA) is 59.0 Å². The van der Waals surface area contributed by atoms with Crippen LogP contribution in [0.25, 0.3) is 0 Å². The van der Waals surface area contributed by atoms with Crippen LogP contribution >= 0.6 is 23.5 Å². The summed E-state index contributed by atoms with van der Waals surface area (Å²) in [5.41, 5.74) is 2.81. The van der Waals surface area contributed by atoms with E-state index in [0.717, 1.165) is 16.0 Å². The van der Waals surface area contributed by atoms with Gasteiger partial charge in [-0.1, -0.05) is 54.2 Å². The quantitative estimate of drug-likeness (QED) is 0.496. The van der Waals surface area contributed by atoms with Crippen molar-refractivity contribution in [3.8, 4) is 0 Å². The van der Waals surface area contributed by atoms with Gasteiger partial charge in [0.1, 0.15) is 6.61 Å². The Morgan fingerprint density at radius 2 is 1.93 bits per heavy atom. The number of amides is 1. The van der Waals surface area contributed by atoms with Crippen LogP contribution in [0.1, 0.15) is 30.5 Å². The molecule has 2 aliphatic rings. The van der Waals surface area contributed by atoms with Crippen molar-refractivity contribution < 1.29 is 14.3 Å². The minimum absolute atomic E-state index is 0.0210. The predicted octanol–water partition coefficient (Wildman–Crippen LogP) is 4.80. The summed E-state index contributed by atoms with van der Waals surface area (Å²) < 4.78 is 5.63. The van der Waals surface area contributed by atoms with E-state index < -0.39 is 12.0 Å². The first-order valence-electron chi connectivity index (χ1n) is 9.68. The first-order valence-corrected chi connectivity index (χ1v) is 11.9. The summed E-state index contributed by atoms with van der Waals surface area (Å²) in [7, 11) is 0. The van der Waals surface area contributed by atoms with Crippen LogP contribution in [0.4, 0.5) is 0 Å². The zero-order valence-electron chi connectivity index (χ0n) is 16.8. The molecule has 0 spiro atoms. The summed E-state index contributed by atoms with van der Waals surface area (Å²) in [5.74, 6) is 0.238. The highest BCUT2D eigenvalue weighted by molar-refractivity contribution is 8.14. The fourth-order valence-corrected chi connectivity index (χ4v) is 4.97. The maximum atomic E-state index is 13.2. The van der Waals surface area contributed by atoms with Gasteiger partial charge in [-0.25, -0.2) is 9.79 Å². The maximum absolute atomic E-state index is 13.2. The molecule has 0 saturated carbocycles. The molecule has 4 rings (SSSR count). The minimum atomic E-state index is -0.531. The average Bonchev–Trinajstić information content (AvgIpc) is 2.77. The third kappa shape index (κ3) is 4.18. The number of nitrogens with zero attached hydrogens (tertiary/aromatic N) is 2. The van der Waals surface area contributed by atoms with E-state index in [0.29, 0.717) is 28.6 Å². The third-order valence-electron chi connectivity index (χ3n) is 5.07. The van der Waals surface area contributed by atoms with Gasteiger partial charge >= 0.3 is 5.97 Å². The van der Waals surface area contributed by atoms with E-state index in [-0.39, 0.29) is 12.5 Å². The highest BCUT2D eigenvalue weighted by Gasteiger charge is 2.41. The van der Waals surface area contributed by atoms with E-state index in [1.54, 1.807) is 28.4 Å². The van der Waals surface area contributed by atoms with Crippen molar-refractivity contribution in [1.82, 2.24) is 4.90 Å². The largest absolute Gasteiger partial charge is 0.457 e. The Bertz CT molecular complexity index is 1020. The zero-order valence-corrected chi connectivity index (χ0v) is 18.5. The lowest BCUT2D eigenvalue weighted by atomic mass is 9.94. The molecule has 154 valence electrons. The number of esters is 1. The van der Waals surface area contributed by atoms with Crippen LogP contribution in [0.3, 0.4) is 0 Å². The van der Waals surface area contributed by atoms with Crippen LogP contribution in [0.15, 0.2) is 75.8 Å². The van der Waals surface area contributed by atoms with E-state index in [9.17, 15) is 9.59 Å². The van der Waals surface area contributed by atoms with Gasteiger partial charge in [0, 0.05) is 17.1 Å². The Morgan fingerprint density at radius 1 is 1.20 bits per heavy atom. The molecule has 0 aliphatic carbocycles. The molecule has 0 radical (unpaired) electrons. The predicted molar refractivity (Wildman–Crippen MR) is 121 cm³/mol. The van der Waals surface area contributed by atoms with Crippen LogP contribution in [0, 0.1) is 0 Å². The second-order valence-electron chi connectivity index (χ2n) is 6.99. The Kier molecular flexibility index (Phi) is 6.29. The summed E-state index contributed by atoms with van der Waals surface area (Å²) in [6.07, 6.45) is 2.44. The number of rotatable bonds is 5. The molecule has 2 aliphatic heterocycles. The van der Waals surface area contributed by atoms with Gasteiger partial charge < -0.3 is 4.74 Å². The number of carbonyl (C=O) groups excluding carboxylic acids is 2. The Balaban J connectivity index is 1.70. The lowest BCUT2D eigenvalue weighted by Crippen LogP contribution is -2.45. The van der Waals surface area contributed by atoms with Crippen molar-refractivity contribution >= 4 is 40.6 Å². The molecule has 2 aromatic rings. The van der Waals surface area contributed by atoms with Gasteiger partial charge in [0.05, 0.1) is 17.3 Å². The summed E-state index contributed by atoms with van der Waals surface area (Å²) in [6, 6.07) is 17.0. The van der Waals surface area contributed by atoms with Crippen molar-refractivity contribution in [2.75, 3.05) is 12.0 Å². The molecule has 2 aromatic carbocycles. The molecule has 7 heteroatoms. The number of thioether (sulfide) groups is 2. The van der Waals surface area contributed by atoms with E-state index in [2.05, 4.69) is 4.99 Å². The molecule has 1 amide bonds. The molecule has 1 atom stereocenters. The lowest BCUT2D eigenvalue weighted by molar-refractivity contribution is -0.141. The summed E-state index contributed by atoms with van der Waals surface area (Å²) in [4.78, 5) is 33.4. The number of aliphatic imine (C=N–C) groups is 1. The van der Waals surface area contributed by atoms with Crippen LogP contribution < -0.4 is 0 Å². The third-order valence-corrected chi connectivity index (χ3v) is 6.77. The van der Waals surface area contributed by atoms with Crippen molar-refractivity contribution in [2.45, 2.75) is 30.9 Å². The normalized spacial score (nSPS) is 18.7. The Hall–Kier alpha value is -2.51. The van der Waals surface area contributed by atoms with Crippen molar-refractivity contribution in [1.29, 1.82) is 0 Å². The molecule has 1 fully saturated rings. The Labute approximate surface area is 184 Å². The Morgan fingerprint density at radius 3 is 2.63 bits per heavy atom. The summed E-state index contributed by atoms with van der Waals surface area (Å²) >= 11 is 3.20. The monoisotopic (exact) mass is 438 g/mol. The van der Waals surface area contributed by atoms with Crippen molar-refractivity contribution in [3.05, 3.63) is 77.0 Å². The molecule has 1 saturated heterocycles. The number of allylic oxidation sites excluding steroid dienone is 1. The van der Waals surface area contributed by atoms with Crippen LogP contribution in [-0.4, -0.2) is 34.0 Å². The lowest BCUT2D eigenvalue weighted by Gasteiger charge is -2.39. The number of hydrogen-bond acceptors (Lipinski definition) is 6. The number of hydrogen-bond donors (Lipinski definition) is 0. The van der Waals surface area contributed by atoms with Gasteiger partial charge in [-0.15, -0.1) is 11.8 Å². The molecular weight excluding hydrogens is 416 g/mol. The zero-order chi connectivity index (χ0) is 21.1. The van der Waals surface area contributed by atoms with E-state index in [4.69, 9.17) is 4.74 Å². The van der Waals surface area contributed by atoms with Crippen LogP contribution in [0.2, 0.25) is 0 Å². The molecule has 5 nitrogen and oxygen atoms in total. The molecule has 0 aromatic heterocycles. The molecule has 2 heterocycles. The van der Waals surface area contributed by atoms with Gasteiger partial charge in [0.25, 0.3) is 0 Å². The van der Waals surface area contributed by atoms with Gasteiger partial charge in [-0.05, 0) is 36.4 Å². The fourth-order valence-electron chi connectivity index (χ4n) is 3.56. The first kappa shape index (κ1) is 20.8. The van der Waals surface area contributed by atoms with E-state index in [1.165, 1.54) is 0 Å². The van der Waals surface area contributed by atoms with Crippen molar-refractivity contribution in [2.24, 2.45) is 4.99 Å². The van der Waals surface area contributed by atoms with Crippen LogP contribution in [-0.2, 0) is 20.9 Å². The molecule has 1 unspecified atom stereocenters. The smallest absolute Gasteiger partial charge is 0.338 e. The van der Waals surface area contributed by atoms with Gasteiger partial charge in [0.15, 0.2) is 5.17 Å². The number of fused-ring (bicyclic) bond motifs is 1. The van der Waals surface area contributed by atoms with Gasteiger partial charge in [0.2, 0.25) is 5.91 Å². The average molecular weight is 439 g/mol. The van der Waals surface area contributed by atoms with Gasteiger partial charge in [-0.3, -0.25) is 9.69 Å². The number of ether oxygens (including phenoxy) is 1. The highest BCUT2D eigenvalue weighted by atomic mass is 32.2.